The van der Waals surface area contributed by atoms with Crippen LogP contribution in [0.25, 0.3) is 0 Å². The van der Waals surface area contributed by atoms with Crippen molar-refractivity contribution in [1.29, 1.82) is 0 Å². The summed E-state index contributed by atoms with van der Waals surface area (Å²) in [6.07, 6.45) is -0.598. The number of halogens is 4. The SMILES string of the molecule is OC(Cc1cc(F)ccc1F)Cc1ccc(Cl)cc1Cl. The first-order chi connectivity index (χ1) is 9.45. The molecule has 0 aliphatic rings. The highest BCUT2D eigenvalue weighted by Crippen LogP contribution is 2.23. The van der Waals surface area contributed by atoms with Crippen molar-refractivity contribution in [3.8, 4) is 0 Å². The lowest BCUT2D eigenvalue weighted by Crippen LogP contribution is -2.15. The van der Waals surface area contributed by atoms with Crippen molar-refractivity contribution in [3.05, 3.63) is 69.2 Å². The summed E-state index contributed by atoms with van der Waals surface area (Å²) in [5, 5.41) is 10.9. The van der Waals surface area contributed by atoms with Gasteiger partial charge >= 0.3 is 0 Å². The monoisotopic (exact) mass is 316 g/mol. The van der Waals surface area contributed by atoms with E-state index >= 15 is 0 Å². The average Bonchev–Trinajstić information content (AvgIpc) is 2.37. The highest BCUT2D eigenvalue weighted by molar-refractivity contribution is 6.35. The third-order valence-corrected chi connectivity index (χ3v) is 3.52. The topological polar surface area (TPSA) is 20.2 Å². The zero-order valence-electron chi connectivity index (χ0n) is 10.4. The summed E-state index contributed by atoms with van der Waals surface area (Å²) in [5.74, 6) is -1.06. The summed E-state index contributed by atoms with van der Waals surface area (Å²) in [6.45, 7) is 0. The lowest BCUT2D eigenvalue weighted by Gasteiger charge is -2.13. The molecule has 1 nitrogen and oxygen atoms in total. The molecule has 0 radical (unpaired) electrons. The molecule has 0 aliphatic heterocycles. The van der Waals surface area contributed by atoms with Crippen molar-refractivity contribution in [1.82, 2.24) is 0 Å². The van der Waals surface area contributed by atoms with Crippen molar-refractivity contribution in [2.24, 2.45) is 0 Å². The van der Waals surface area contributed by atoms with Crippen LogP contribution in [0.5, 0.6) is 0 Å². The standard InChI is InChI=1S/C15H12Cl2F2O/c16-11-2-1-9(14(17)8-11)6-13(20)7-10-5-12(18)3-4-15(10)19/h1-5,8,13,20H,6-7H2. The van der Waals surface area contributed by atoms with Gasteiger partial charge in [-0.25, -0.2) is 8.78 Å². The van der Waals surface area contributed by atoms with Crippen molar-refractivity contribution >= 4 is 23.2 Å². The largest absolute Gasteiger partial charge is 0.392 e. The Morgan fingerprint density at radius 3 is 2.35 bits per heavy atom. The summed E-state index contributed by atoms with van der Waals surface area (Å²) in [5.41, 5.74) is 0.850. The molecule has 0 spiro atoms. The van der Waals surface area contributed by atoms with Crippen LogP contribution in [0.2, 0.25) is 10.0 Å². The fraction of sp³-hybridized carbons (Fsp3) is 0.200. The molecule has 0 bridgehead atoms. The maximum Gasteiger partial charge on any atom is 0.126 e. The molecule has 2 aromatic carbocycles. The Morgan fingerprint density at radius 1 is 0.950 bits per heavy atom. The summed E-state index contributed by atoms with van der Waals surface area (Å²) in [4.78, 5) is 0. The Labute approximate surface area is 125 Å². The van der Waals surface area contributed by atoms with Gasteiger partial charge in [0.1, 0.15) is 11.6 Å². The molecule has 0 heterocycles. The van der Waals surface area contributed by atoms with Gasteiger partial charge in [-0.2, -0.15) is 0 Å². The van der Waals surface area contributed by atoms with Crippen LogP contribution in [0, 0.1) is 11.6 Å². The van der Waals surface area contributed by atoms with Gasteiger partial charge in [0.05, 0.1) is 6.10 Å². The molecule has 0 amide bonds. The molecule has 0 fully saturated rings. The van der Waals surface area contributed by atoms with E-state index in [0.29, 0.717) is 15.6 Å². The van der Waals surface area contributed by atoms with Gasteiger partial charge in [0.15, 0.2) is 0 Å². The number of hydrogen-bond donors (Lipinski definition) is 1. The van der Waals surface area contributed by atoms with Gasteiger partial charge in [-0.3, -0.25) is 0 Å². The van der Waals surface area contributed by atoms with E-state index in [2.05, 4.69) is 0 Å². The minimum absolute atomic E-state index is 0.0164. The third-order valence-electron chi connectivity index (χ3n) is 2.93. The summed E-state index contributed by atoms with van der Waals surface area (Å²) in [6, 6.07) is 8.12. The Bertz CT molecular complexity index is 617. The Kier molecular flexibility index (Phi) is 4.97. The minimum atomic E-state index is -0.857. The zero-order chi connectivity index (χ0) is 14.7. The second-order valence-electron chi connectivity index (χ2n) is 4.53. The molecule has 1 atom stereocenters. The van der Waals surface area contributed by atoms with E-state index < -0.39 is 17.7 Å². The molecule has 0 saturated carbocycles. The summed E-state index contributed by atoms with van der Waals surface area (Å²) < 4.78 is 26.5. The van der Waals surface area contributed by atoms with Gasteiger partial charge in [0.2, 0.25) is 0 Å². The second-order valence-corrected chi connectivity index (χ2v) is 5.38. The molecule has 1 unspecified atom stereocenters. The highest BCUT2D eigenvalue weighted by atomic mass is 35.5. The quantitative estimate of drug-likeness (QED) is 0.885. The molecular weight excluding hydrogens is 305 g/mol. The van der Waals surface area contributed by atoms with Crippen LogP contribution < -0.4 is 0 Å². The first kappa shape index (κ1) is 15.2. The first-order valence-electron chi connectivity index (χ1n) is 6.01. The van der Waals surface area contributed by atoms with Gasteiger partial charge in [0.25, 0.3) is 0 Å². The highest BCUT2D eigenvalue weighted by Gasteiger charge is 2.13. The normalized spacial score (nSPS) is 12.4. The van der Waals surface area contributed by atoms with E-state index in [9.17, 15) is 13.9 Å². The van der Waals surface area contributed by atoms with Crippen LogP contribution in [-0.4, -0.2) is 11.2 Å². The average molecular weight is 317 g/mol. The van der Waals surface area contributed by atoms with Gasteiger partial charge in [0, 0.05) is 22.9 Å². The smallest absolute Gasteiger partial charge is 0.126 e. The zero-order valence-corrected chi connectivity index (χ0v) is 11.9. The van der Waals surface area contributed by atoms with Crippen LogP contribution in [0.3, 0.4) is 0 Å². The van der Waals surface area contributed by atoms with Gasteiger partial charge in [-0.1, -0.05) is 29.3 Å². The molecule has 5 heteroatoms. The van der Waals surface area contributed by atoms with Gasteiger partial charge in [-0.05, 0) is 41.5 Å². The minimum Gasteiger partial charge on any atom is -0.392 e. The van der Waals surface area contributed by atoms with Gasteiger partial charge < -0.3 is 5.11 Å². The number of aliphatic hydroxyl groups excluding tert-OH is 1. The molecule has 0 saturated heterocycles. The van der Waals surface area contributed by atoms with E-state index in [1.807, 2.05) is 0 Å². The predicted octanol–water partition coefficient (Wildman–Crippen LogP) is 4.42. The molecule has 0 aliphatic carbocycles. The van der Waals surface area contributed by atoms with Crippen LogP contribution >= 0.6 is 23.2 Å². The Hall–Kier alpha value is -1.16. The lowest BCUT2D eigenvalue weighted by atomic mass is 10.0. The van der Waals surface area contributed by atoms with Crippen molar-refractivity contribution < 1.29 is 13.9 Å². The molecule has 106 valence electrons. The van der Waals surface area contributed by atoms with Crippen molar-refractivity contribution in [2.75, 3.05) is 0 Å². The van der Waals surface area contributed by atoms with Crippen LogP contribution in [-0.2, 0) is 12.8 Å². The molecule has 1 N–H and O–H groups in total. The maximum atomic E-state index is 13.5. The fourth-order valence-corrected chi connectivity index (χ4v) is 2.45. The van der Waals surface area contributed by atoms with E-state index in [1.54, 1.807) is 18.2 Å². The number of rotatable bonds is 4. The number of hydrogen-bond acceptors (Lipinski definition) is 1. The summed E-state index contributed by atoms with van der Waals surface area (Å²) >= 11 is 11.8. The van der Waals surface area contributed by atoms with Crippen LogP contribution in [0.15, 0.2) is 36.4 Å². The molecule has 20 heavy (non-hydrogen) atoms. The van der Waals surface area contributed by atoms with Crippen LogP contribution in [0.4, 0.5) is 8.78 Å². The second kappa shape index (κ2) is 6.53. The molecule has 2 aromatic rings. The number of aliphatic hydroxyl groups is 1. The van der Waals surface area contributed by atoms with Crippen LogP contribution in [0.1, 0.15) is 11.1 Å². The lowest BCUT2D eigenvalue weighted by molar-refractivity contribution is 0.174. The summed E-state index contributed by atoms with van der Waals surface area (Å²) in [7, 11) is 0. The predicted molar refractivity (Wildman–Crippen MR) is 76.2 cm³/mol. The number of benzene rings is 2. The van der Waals surface area contributed by atoms with Crippen molar-refractivity contribution in [2.45, 2.75) is 18.9 Å². The van der Waals surface area contributed by atoms with Crippen molar-refractivity contribution in [3.63, 3.8) is 0 Å². The maximum absolute atomic E-state index is 13.5. The van der Waals surface area contributed by atoms with E-state index in [1.165, 1.54) is 0 Å². The third kappa shape index (κ3) is 3.92. The molecular formula is C15H12Cl2F2O. The molecule has 0 aromatic heterocycles. The van der Waals surface area contributed by atoms with E-state index in [0.717, 1.165) is 18.2 Å². The van der Waals surface area contributed by atoms with E-state index in [4.69, 9.17) is 23.2 Å². The Balaban J connectivity index is 2.08. The first-order valence-corrected chi connectivity index (χ1v) is 6.77. The fourth-order valence-electron chi connectivity index (χ4n) is 1.97. The Morgan fingerprint density at radius 2 is 1.65 bits per heavy atom. The van der Waals surface area contributed by atoms with Gasteiger partial charge in [-0.15, -0.1) is 0 Å². The van der Waals surface area contributed by atoms with E-state index in [-0.39, 0.29) is 18.4 Å². The molecule has 2 rings (SSSR count).